The second kappa shape index (κ2) is 12.6. The highest BCUT2D eigenvalue weighted by Gasteiger charge is 2.36. The summed E-state index contributed by atoms with van der Waals surface area (Å²) in [5.74, 6) is -0.926. The van der Waals surface area contributed by atoms with E-state index in [1.807, 2.05) is 37.3 Å². The van der Waals surface area contributed by atoms with Crippen LogP contribution in [0.4, 0.5) is 5.69 Å². The van der Waals surface area contributed by atoms with Gasteiger partial charge in [0.25, 0.3) is 11.8 Å². The molecule has 0 aliphatic heterocycles. The molecule has 0 spiro atoms. The van der Waals surface area contributed by atoms with Gasteiger partial charge in [-0.1, -0.05) is 61.7 Å². The highest BCUT2D eigenvalue weighted by atomic mass is 32.1. The van der Waals surface area contributed by atoms with E-state index in [0.29, 0.717) is 17.9 Å². The minimum absolute atomic E-state index is 0.0464. The van der Waals surface area contributed by atoms with Crippen molar-refractivity contribution in [2.75, 3.05) is 12.3 Å². The van der Waals surface area contributed by atoms with Crippen molar-refractivity contribution >= 4 is 34.9 Å². The Morgan fingerprint density at radius 3 is 2.37 bits per heavy atom. The molecule has 0 radical (unpaired) electrons. The molecule has 2 aromatic carbocycles. The second-order valence-corrected chi connectivity index (χ2v) is 10.1. The Hall–Kier alpha value is -3.92. The van der Waals surface area contributed by atoms with Gasteiger partial charge in [0.15, 0.2) is 5.69 Å². The summed E-state index contributed by atoms with van der Waals surface area (Å²) in [7, 11) is 0. The van der Waals surface area contributed by atoms with Crippen LogP contribution in [0.5, 0.6) is 5.75 Å². The molecule has 3 amide bonds. The number of aromatic nitrogens is 1. The maximum absolute atomic E-state index is 14.0. The molecule has 200 valence electrons. The minimum Gasteiger partial charge on any atom is -0.494 e. The topological polar surface area (TPSA) is 141 Å². The number of benzene rings is 2. The van der Waals surface area contributed by atoms with Crippen LogP contribution in [0.15, 0.2) is 54.6 Å². The number of hydrogen-bond acceptors (Lipinski definition) is 7. The third-order valence-corrected chi connectivity index (χ3v) is 7.48. The van der Waals surface area contributed by atoms with Crippen LogP contribution in [0, 0.1) is 0 Å². The number of nitrogens with one attached hydrogen (secondary N) is 1. The van der Waals surface area contributed by atoms with Crippen molar-refractivity contribution in [2.45, 2.75) is 57.7 Å². The number of carbonyl (C=O) groups excluding carboxylic acids is 3. The first-order valence-electron chi connectivity index (χ1n) is 12.8. The number of ether oxygens (including phenoxy) is 1. The van der Waals surface area contributed by atoms with Crippen molar-refractivity contribution in [1.29, 1.82) is 0 Å². The molecule has 0 saturated heterocycles. The van der Waals surface area contributed by atoms with E-state index in [1.54, 1.807) is 24.3 Å². The summed E-state index contributed by atoms with van der Waals surface area (Å²) in [5, 5.41) is 3.19. The van der Waals surface area contributed by atoms with Crippen molar-refractivity contribution < 1.29 is 19.1 Å². The largest absolute Gasteiger partial charge is 0.494 e. The highest BCUT2D eigenvalue weighted by molar-refractivity contribution is 7.09. The normalized spacial score (nSPS) is 14.4. The summed E-state index contributed by atoms with van der Waals surface area (Å²) < 4.78 is 9.59. The molecule has 10 heteroatoms. The van der Waals surface area contributed by atoms with Gasteiger partial charge in [0.2, 0.25) is 5.91 Å². The fraction of sp³-hybridized carbons (Fsp3) is 0.357. The zero-order valence-corrected chi connectivity index (χ0v) is 22.2. The smallest absolute Gasteiger partial charge is 0.270 e. The van der Waals surface area contributed by atoms with Crippen LogP contribution in [-0.2, 0) is 11.3 Å². The van der Waals surface area contributed by atoms with Crippen molar-refractivity contribution in [2.24, 2.45) is 5.73 Å². The summed E-state index contributed by atoms with van der Waals surface area (Å²) in [6.45, 7) is 2.55. The number of nitrogen functional groups attached to an aromatic ring is 1. The second-order valence-electron chi connectivity index (χ2n) is 9.30. The number of amides is 3. The predicted molar refractivity (Wildman–Crippen MR) is 147 cm³/mol. The van der Waals surface area contributed by atoms with Gasteiger partial charge in [-0.3, -0.25) is 14.4 Å². The van der Waals surface area contributed by atoms with Gasteiger partial charge in [-0.15, -0.1) is 0 Å². The molecule has 0 unspecified atom stereocenters. The summed E-state index contributed by atoms with van der Waals surface area (Å²) >= 11 is 0.802. The minimum atomic E-state index is -0.959. The Bertz CT molecular complexity index is 1260. The van der Waals surface area contributed by atoms with Gasteiger partial charge in [0, 0.05) is 12.6 Å². The lowest BCUT2D eigenvalue weighted by Crippen LogP contribution is -2.46. The van der Waals surface area contributed by atoms with Crippen LogP contribution in [0.1, 0.15) is 76.4 Å². The first-order valence-corrected chi connectivity index (χ1v) is 13.6. The van der Waals surface area contributed by atoms with E-state index < -0.39 is 17.9 Å². The van der Waals surface area contributed by atoms with Crippen molar-refractivity contribution in [3.63, 3.8) is 0 Å². The van der Waals surface area contributed by atoms with E-state index in [1.165, 1.54) is 4.90 Å². The Balaban J connectivity index is 1.77. The van der Waals surface area contributed by atoms with Gasteiger partial charge < -0.3 is 26.4 Å². The number of carbonyl (C=O) groups is 3. The zero-order chi connectivity index (χ0) is 27.1. The molecule has 1 fully saturated rings. The Labute approximate surface area is 226 Å². The van der Waals surface area contributed by atoms with E-state index in [9.17, 15) is 14.4 Å². The first-order chi connectivity index (χ1) is 18.4. The summed E-state index contributed by atoms with van der Waals surface area (Å²) in [5.41, 5.74) is 12.8. The molecule has 1 saturated carbocycles. The lowest BCUT2D eigenvalue weighted by molar-refractivity contribution is -0.127. The number of anilines is 1. The van der Waals surface area contributed by atoms with Gasteiger partial charge in [0.05, 0.1) is 12.3 Å². The van der Waals surface area contributed by atoms with Crippen LogP contribution >= 0.6 is 11.5 Å². The van der Waals surface area contributed by atoms with E-state index in [2.05, 4.69) is 9.69 Å². The third kappa shape index (κ3) is 6.31. The Morgan fingerprint density at radius 2 is 1.76 bits per heavy atom. The molecule has 38 heavy (non-hydrogen) atoms. The molecule has 5 N–H and O–H groups in total. The average Bonchev–Trinajstić information content (AvgIpc) is 3.31. The number of nitrogens with two attached hydrogens (primary N) is 2. The molecule has 1 aliphatic carbocycles. The Kier molecular flexibility index (Phi) is 8.96. The lowest BCUT2D eigenvalue weighted by Gasteiger charge is -2.33. The van der Waals surface area contributed by atoms with E-state index in [-0.39, 0.29) is 34.8 Å². The van der Waals surface area contributed by atoms with Crippen molar-refractivity contribution in [1.82, 2.24) is 14.6 Å². The van der Waals surface area contributed by atoms with Crippen LogP contribution in [0.25, 0.3) is 0 Å². The van der Waals surface area contributed by atoms with Gasteiger partial charge >= 0.3 is 0 Å². The number of rotatable bonds is 10. The maximum atomic E-state index is 14.0. The van der Waals surface area contributed by atoms with Gasteiger partial charge in [0.1, 0.15) is 16.7 Å². The van der Waals surface area contributed by atoms with Crippen molar-refractivity contribution in [3.8, 4) is 5.75 Å². The average molecular weight is 536 g/mol. The summed E-state index contributed by atoms with van der Waals surface area (Å²) in [4.78, 5) is 41.3. The number of primary amides is 1. The first kappa shape index (κ1) is 27.1. The SMILES string of the molecule is CCOc1ccc([C@@H](C(=O)NC2CCCCC2)N(Cc2ccccc2)C(=O)c2snc(C(N)=O)c2N)cc1. The molecule has 1 aromatic heterocycles. The van der Waals surface area contributed by atoms with Gasteiger partial charge in [-0.25, -0.2) is 0 Å². The molecule has 4 rings (SSSR count). The fourth-order valence-corrected chi connectivity index (χ4v) is 5.49. The molecule has 3 aromatic rings. The lowest BCUT2D eigenvalue weighted by atomic mass is 9.94. The monoisotopic (exact) mass is 535 g/mol. The van der Waals surface area contributed by atoms with Gasteiger partial charge in [-0.05, 0) is 54.6 Å². The molecule has 1 atom stereocenters. The summed E-state index contributed by atoms with van der Waals surface area (Å²) in [6.07, 6.45) is 5.06. The van der Waals surface area contributed by atoms with Gasteiger partial charge in [-0.2, -0.15) is 4.37 Å². The van der Waals surface area contributed by atoms with E-state index >= 15 is 0 Å². The van der Waals surface area contributed by atoms with Crippen LogP contribution < -0.4 is 21.5 Å². The molecule has 9 nitrogen and oxygen atoms in total. The van der Waals surface area contributed by atoms with E-state index in [4.69, 9.17) is 16.2 Å². The molecular weight excluding hydrogens is 502 g/mol. The van der Waals surface area contributed by atoms with Crippen molar-refractivity contribution in [3.05, 3.63) is 76.3 Å². The third-order valence-electron chi connectivity index (χ3n) is 6.63. The van der Waals surface area contributed by atoms with Crippen LogP contribution in [0.2, 0.25) is 0 Å². The maximum Gasteiger partial charge on any atom is 0.270 e. The Morgan fingerprint density at radius 1 is 1.08 bits per heavy atom. The fourth-order valence-electron chi connectivity index (χ4n) is 4.73. The molecule has 1 aliphatic rings. The van der Waals surface area contributed by atoms with E-state index in [0.717, 1.165) is 49.2 Å². The van der Waals surface area contributed by atoms with Crippen LogP contribution in [-0.4, -0.2) is 39.6 Å². The summed E-state index contributed by atoms with van der Waals surface area (Å²) in [6, 6.07) is 15.7. The molecular formula is C28H33N5O4S. The number of hydrogen-bond donors (Lipinski definition) is 3. The molecule has 1 heterocycles. The highest BCUT2D eigenvalue weighted by Crippen LogP contribution is 2.31. The van der Waals surface area contributed by atoms with Crippen LogP contribution in [0.3, 0.4) is 0 Å². The number of nitrogens with zero attached hydrogens (tertiary/aromatic N) is 2. The standard InChI is InChI=1S/C28H33N5O4S/c1-2-37-21-15-13-19(14-16-21)24(27(35)31-20-11-7-4-8-12-20)33(17-18-9-5-3-6-10-18)28(36)25-22(29)23(26(30)34)32-38-25/h3,5-6,9-10,13-16,20,24H,2,4,7-8,11-12,17,29H2,1H3,(H2,30,34)(H,31,35)/t24-/m0/s1. The molecule has 0 bridgehead atoms. The zero-order valence-electron chi connectivity index (χ0n) is 21.4. The quantitative estimate of drug-likeness (QED) is 0.358. The predicted octanol–water partition coefficient (Wildman–Crippen LogP) is 4.06.